The van der Waals surface area contributed by atoms with Gasteiger partial charge in [0.15, 0.2) is 6.61 Å². The van der Waals surface area contributed by atoms with Gasteiger partial charge >= 0.3 is 5.97 Å². The van der Waals surface area contributed by atoms with Crippen LogP contribution in [0.4, 0.5) is 5.00 Å². The molecule has 0 spiro atoms. The van der Waals surface area contributed by atoms with Crippen molar-refractivity contribution in [1.29, 1.82) is 5.26 Å². The number of ether oxygens (including phenoxy) is 1. The monoisotopic (exact) mass is 422 g/mol. The van der Waals surface area contributed by atoms with E-state index in [9.17, 15) is 14.9 Å². The third-order valence-corrected chi connectivity index (χ3v) is 6.56. The van der Waals surface area contributed by atoms with Crippen molar-refractivity contribution in [3.63, 3.8) is 0 Å². The first-order valence-electron chi connectivity index (χ1n) is 9.91. The van der Waals surface area contributed by atoms with Gasteiger partial charge in [-0.25, -0.2) is 0 Å². The minimum Gasteiger partial charge on any atom is -0.464 e. The molecule has 3 aromatic rings. The molecular weight excluding hydrogens is 400 g/mol. The van der Waals surface area contributed by atoms with E-state index in [0.717, 1.165) is 46.9 Å². The first-order valence-corrected chi connectivity index (χ1v) is 10.7. The van der Waals surface area contributed by atoms with Crippen molar-refractivity contribution in [3.05, 3.63) is 51.6 Å². The number of furan rings is 1. The molecule has 2 aromatic heterocycles. The van der Waals surface area contributed by atoms with E-state index in [1.165, 1.54) is 16.2 Å². The van der Waals surface area contributed by atoms with Crippen molar-refractivity contribution in [2.75, 3.05) is 11.9 Å². The topological polar surface area (TPSA) is 92.3 Å². The number of nitrogens with one attached hydrogen (secondary N) is 1. The Morgan fingerprint density at radius 1 is 1.40 bits per heavy atom. The lowest BCUT2D eigenvalue weighted by Crippen LogP contribution is -2.21. The Labute approximate surface area is 178 Å². The quantitative estimate of drug-likeness (QED) is 0.610. The first kappa shape index (κ1) is 20.2. The molecule has 6 nitrogen and oxygen atoms in total. The van der Waals surface area contributed by atoms with Crippen molar-refractivity contribution in [1.82, 2.24) is 0 Å². The van der Waals surface area contributed by atoms with Gasteiger partial charge in [-0.1, -0.05) is 19.1 Å². The van der Waals surface area contributed by atoms with Crippen LogP contribution >= 0.6 is 11.3 Å². The second-order valence-electron chi connectivity index (χ2n) is 7.81. The second kappa shape index (κ2) is 8.33. The number of hydrogen-bond acceptors (Lipinski definition) is 6. The first-order chi connectivity index (χ1) is 14.4. The number of esters is 1. The maximum absolute atomic E-state index is 12.3. The Hall–Kier alpha value is -3.11. The summed E-state index contributed by atoms with van der Waals surface area (Å²) in [5, 5.41) is 13.7. The molecule has 7 heteroatoms. The Kier molecular flexibility index (Phi) is 5.60. The predicted octanol–water partition coefficient (Wildman–Crippen LogP) is 4.52. The Morgan fingerprint density at radius 2 is 2.23 bits per heavy atom. The summed E-state index contributed by atoms with van der Waals surface area (Å²) in [6.45, 7) is 3.77. The summed E-state index contributed by atoms with van der Waals surface area (Å²) in [4.78, 5) is 25.7. The summed E-state index contributed by atoms with van der Waals surface area (Å²) in [5.41, 5.74) is 4.11. The zero-order valence-corrected chi connectivity index (χ0v) is 17.7. The maximum atomic E-state index is 12.3. The summed E-state index contributed by atoms with van der Waals surface area (Å²) < 4.78 is 10.6. The molecular formula is C23H22N2O4S. The van der Waals surface area contributed by atoms with Crippen LogP contribution in [0.5, 0.6) is 0 Å². The highest BCUT2D eigenvalue weighted by atomic mass is 32.1. The minimum atomic E-state index is -0.506. The third-order valence-electron chi connectivity index (χ3n) is 5.39. The number of nitrogens with zero attached hydrogens (tertiary/aromatic N) is 1. The van der Waals surface area contributed by atoms with Gasteiger partial charge in [0.2, 0.25) is 0 Å². The van der Waals surface area contributed by atoms with Crippen molar-refractivity contribution in [2.24, 2.45) is 5.92 Å². The standard InChI is InChI=1S/C23H22N2O4S/c1-13-3-5-16-15(11-28-19(16)7-13)9-22(27)29-12-21(26)25-23-18(10-24)17-6-4-14(2)8-20(17)30-23/h3,5,7,11,14H,4,6,8-9,12H2,1-2H3,(H,25,26)/t14-/m1/s1. The number of amides is 1. The average Bonchev–Trinajstić information content (AvgIpc) is 3.25. The van der Waals surface area contributed by atoms with Crippen molar-refractivity contribution in [3.8, 4) is 6.07 Å². The SMILES string of the molecule is Cc1ccc2c(CC(=O)OCC(=O)Nc3sc4c(c3C#N)CC[C@@H](C)C4)coc2c1. The van der Waals surface area contributed by atoms with E-state index in [2.05, 4.69) is 18.3 Å². The van der Waals surface area contributed by atoms with Gasteiger partial charge in [0.1, 0.15) is 16.7 Å². The zero-order chi connectivity index (χ0) is 21.3. The third kappa shape index (κ3) is 4.10. The summed E-state index contributed by atoms with van der Waals surface area (Å²) in [6.07, 6.45) is 4.40. The second-order valence-corrected chi connectivity index (χ2v) is 8.92. The van der Waals surface area contributed by atoms with E-state index in [-0.39, 0.29) is 6.42 Å². The normalized spacial score (nSPS) is 15.4. The van der Waals surface area contributed by atoms with Crippen molar-refractivity contribution >= 4 is 39.2 Å². The molecule has 1 N–H and O–H groups in total. The van der Waals surface area contributed by atoms with Crippen LogP contribution in [-0.2, 0) is 33.6 Å². The smallest absolute Gasteiger partial charge is 0.310 e. The molecule has 4 rings (SSSR count). The number of fused-ring (bicyclic) bond motifs is 2. The summed E-state index contributed by atoms with van der Waals surface area (Å²) in [7, 11) is 0. The van der Waals surface area contributed by atoms with Crippen molar-refractivity contribution < 1.29 is 18.7 Å². The number of benzene rings is 1. The van der Waals surface area contributed by atoms with Gasteiger partial charge in [-0.05, 0) is 49.3 Å². The van der Waals surface area contributed by atoms with E-state index in [1.54, 1.807) is 6.26 Å². The highest BCUT2D eigenvalue weighted by molar-refractivity contribution is 7.16. The van der Waals surface area contributed by atoms with Gasteiger partial charge in [-0.15, -0.1) is 11.3 Å². The van der Waals surface area contributed by atoms with Crippen LogP contribution in [0, 0.1) is 24.2 Å². The molecule has 154 valence electrons. The molecule has 1 aromatic carbocycles. The van der Waals surface area contributed by atoms with E-state index >= 15 is 0 Å². The number of hydrogen-bond donors (Lipinski definition) is 1. The fourth-order valence-electron chi connectivity index (χ4n) is 3.80. The summed E-state index contributed by atoms with van der Waals surface area (Å²) in [6, 6.07) is 7.99. The summed E-state index contributed by atoms with van der Waals surface area (Å²) in [5.74, 6) is -0.373. The largest absolute Gasteiger partial charge is 0.464 e. The van der Waals surface area contributed by atoms with Crippen LogP contribution in [0.3, 0.4) is 0 Å². The van der Waals surface area contributed by atoms with Gasteiger partial charge in [0, 0.05) is 15.8 Å². The minimum absolute atomic E-state index is 0.0258. The van der Waals surface area contributed by atoms with Crippen molar-refractivity contribution in [2.45, 2.75) is 39.5 Å². The molecule has 0 saturated heterocycles. The van der Waals surface area contributed by atoms with Crippen LogP contribution in [-0.4, -0.2) is 18.5 Å². The van der Waals surface area contributed by atoms with Crippen LogP contribution in [0.25, 0.3) is 11.0 Å². The van der Waals surface area contributed by atoms with Gasteiger partial charge in [0.25, 0.3) is 5.91 Å². The molecule has 30 heavy (non-hydrogen) atoms. The lowest BCUT2D eigenvalue weighted by molar-refractivity contribution is -0.146. The molecule has 1 aliphatic carbocycles. The number of thiophene rings is 1. The fraction of sp³-hybridized carbons (Fsp3) is 0.348. The maximum Gasteiger partial charge on any atom is 0.310 e. The molecule has 0 radical (unpaired) electrons. The van der Waals surface area contributed by atoms with Gasteiger partial charge in [-0.2, -0.15) is 5.26 Å². The highest BCUT2D eigenvalue weighted by Crippen LogP contribution is 2.39. The average molecular weight is 423 g/mol. The van der Waals surface area contributed by atoms with Crippen LogP contribution < -0.4 is 5.32 Å². The Bertz CT molecular complexity index is 1170. The number of carbonyl (C=O) groups is 2. The van der Waals surface area contributed by atoms with Crippen LogP contribution in [0.15, 0.2) is 28.9 Å². The number of rotatable bonds is 5. The molecule has 0 aliphatic heterocycles. The van der Waals surface area contributed by atoms with Gasteiger partial charge in [-0.3, -0.25) is 9.59 Å². The Morgan fingerprint density at radius 3 is 3.03 bits per heavy atom. The molecule has 0 fully saturated rings. The van der Waals surface area contributed by atoms with Gasteiger partial charge in [0.05, 0.1) is 18.2 Å². The summed E-state index contributed by atoms with van der Waals surface area (Å²) >= 11 is 1.45. The number of nitriles is 1. The molecule has 1 amide bonds. The van der Waals surface area contributed by atoms with Crippen LogP contribution in [0.1, 0.15) is 40.5 Å². The highest BCUT2D eigenvalue weighted by Gasteiger charge is 2.25. The lowest BCUT2D eigenvalue weighted by atomic mass is 9.89. The van der Waals surface area contributed by atoms with E-state index in [1.807, 2.05) is 25.1 Å². The van der Waals surface area contributed by atoms with E-state index in [4.69, 9.17) is 9.15 Å². The zero-order valence-electron chi connectivity index (χ0n) is 16.9. The lowest BCUT2D eigenvalue weighted by Gasteiger charge is -2.17. The molecule has 0 unspecified atom stereocenters. The predicted molar refractivity (Wildman–Crippen MR) is 114 cm³/mol. The molecule has 2 heterocycles. The molecule has 1 aliphatic rings. The molecule has 0 bridgehead atoms. The number of aryl methyl sites for hydroxylation is 1. The Balaban J connectivity index is 1.36. The van der Waals surface area contributed by atoms with E-state index in [0.29, 0.717) is 16.5 Å². The number of anilines is 1. The van der Waals surface area contributed by atoms with E-state index < -0.39 is 18.5 Å². The fourth-order valence-corrected chi connectivity index (χ4v) is 5.18. The molecule has 0 saturated carbocycles. The van der Waals surface area contributed by atoms with Crippen LogP contribution in [0.2, 0.25) is 0 Å². The van der Waals surface area contributed by atoms with Gasteiger partial charge < -0.3 is 14.5 Å². The number of carbonyl (C=O) groups excluding carboxylic acids is 2. The molecule has 1 atom stereocenters.